The summed E-state index contributed by atoms with van der Waals surface area (Å²) in [6, 6.07) is 34.4. The highest BCUT2D eigenvalue weighted by atomic mass is 127. The van der Waals surface area contributed by atoms with Gasteiger partial charge in [-0.05, 0) is 59.0 Å². The number of nitrogens with zero attached hydrogens (tertiary/aromatic N) is 1. The summed E-state index contributed by atoms with van der Waals surface area (Å²) in [5, 5.41) is 7.23. The molecule has 146 valence electrons. The lowest BCUT2D eigenvalue weighted by molar-refractivity contribution is 0.673. The normalized spacial score (nSPS) is 12.0. The van der Waals surface area contributed by atoms with Crippen molar-refractivity contribution in [3.05, 3.63) is 101 Å². The zero-order chi connectivity index (χ0) is 20.5. The molecule has 0 unspecified atom stereocenters. The number of hydrogen-bond donors (Lipinski definition) is 0. The van der Waals surface area contributed by atoms with Crippen LogP contribution in [0, 0.1) is 3.57 Å². The van der Waals surface area contributed by atoms with Crippen molar-refractivity contribution in [1.29, 1.82) is 0 Å². The molecular weight excluding hydrogens is 493 g/mol. The maximum Gasteiger partial charge on any atom is 0.144 e. The molecule has 0 N–H and O–H groups in total. The number of para-hydroxylation sites is 2. The molecule has 0 amide bonds. The number of fused-ring (bicyclic) bond motifs is 10. The van der Waals surface area contributed by atoms with Gasteiger partial charge in [-0.15, -0.1) is 0 Å². The van der Waals surface area contributed by atoms with E-state index in [0.29, 0.717) is 0 Å². The molecule has 0 bridgehead atoms. The third-order valence-corrected chi connectivity index (χ3v) is 6.95. The number of aromatic nitrogens is 1. The summed E-state index contributed by atoms with van der Waals surface area (Å²) >= 11 is 2.36. The van der Waals surface area contributed by atoms with Gasteiger partial charge >= 0.3 is 0 Å². The number of halogens is 1. The van der Waals surface area contributed by atoms with Crippen molar-refractivity contribution >= 4 is 77.1 Å². The minimum absolute atomic E-state index is 0.932. The SMILES string of the molecule is Ic1ccc(-n2c3ccccc3c3c4c5ccccc5oc4c4ccccc4c32)cc1. The van der Waals surface area contributed by atoms with Crippen LogP contribution in [-0.4, -0.2) is 4.57 Å². The highest BCUT2D eigenvalue weighted by Crippen LogP contribution is 2.45. The average Bonchev–Trinajstić information content (AvgIpc) is 3.36. The predicted molar refractivity (Wildman–Crippen MR) is 138 cm³/mol. The Labute approximate surface area is 191 Å². The summed E-state index contributed by atoms with van der Waals surface area (Å²) in [4.78, 5) is 0. The van der Waals surface area contributed by atoms with Gasteiger partial charge in [-0.3, -0.25) is 0 Å². The fourth-order valence-electron chi connectivity index (χ4n) is 4.98. The molecule has 0 atom stereocenters. The monoisotopic (exact) mass is 509 g/mol. The maximum atomic E-state index is 6.44. The Morgan fingerprint density at radius 2 is 1.23 bits per heavy atom. The van der Waals surface area contributed by atoms with E-state index >= 15 is 0 Å². The van der Waals surface area contributed by atoms with E-state index < -0.39 is 0 Å². The molecule has 2 heterocycles. The van der Waals surface area contributed by atoms with Gasteiger partial charge in [0.15, 0.2) is 0 Å². The first kappa shape index (κ1) is 17.4. The lowest BCUT2D eigenvalue weighted by atomic mass is 9.99. The zero-order valence-corrected chi connectivity index (χ0v) is 18.6. The minimum Gasteiger partial charge on any atom is -0.455 e. The Hall–Kier alpha value is -3.31. The summed E-state index contributed by atoms with van der Waals surface area (Å²) in [7, 11) is 0. The van der Waals surface area contributed by atoms with Crippen molar-refractivity contribution in [2.75, 3.05) is 0 Å². The Morgan fingerprint density at radius 3 is 2.03 bits per heavy atom. The van der Waals surface area contributed by atoms with Gasteiger partial charge in [0.1, 0.15) is 11.2 Å². The van der Waals surface area contributed by atoms with Gasteiger partial charge in [-0.25, -0.2) is 0 Å². The van der Waals surface area contributed by atoms with Crippen LogP contribution in [0.3, 0.4) is 0 Å². The van der Waals surface area contributed by atoms with Crippen molar-refractivity contribution in [3.8, 4) is 5.69 Å². The molecule has 31 heavy (non-hydrogen) atoms. The van der Waals surface area contributed by atoms with Crippen LogP contribution in [0.25, 0.3) is 60.2 Å². The van der Waals surface area contributed by atoms with Gasteiger partial charge in [0.05, 0.1) is 11.0 Å². The van der Waals surface area contributed by atoms with Crippen LogP contribution < -0.4 is 0 Å². The Balaban J connectivity index is 1.86. The first-order chi connectivity index (χ1) is 15.3. The van der Waals surface area contributed by atoms with Gasteiger partial charge in [-0.1, -0.05) is 60.7 Å². The second kappa shape index (κ2) is 6.34. The van der Waals surface area contributed by atoms with E-state index in [1.807, 2.05) is 6.07 Å². The standard InChI is InChI=1S/C28H16INO/c29-17-13-15-18(16-14-17)30-23-11-5-3-9-21(23)25-26-22-10-4-6-12-24(22)31-28(26)20-8-2-1-7-19(20)27(25)30/h1-16H. The zero-order valence-electron chi connectivity index (χ0n) is 16.5. The van der Waals surface area contributed by atoms with Gasteiger partial charge in [0.25, 0.3) is 0 Å². The molecule has 0 aliphatic carbocycles. The molecule has 0 saturated heterocycles. The Bertz CT molecular complexity index is 1790. The average molecular weight is 509 g/mol. The fraction of sp³-hybridized carbons (Fsp3) is 0. The molecule has 0 fully saturated rings. The maximum absolute atomic E-state index is 6.44. The Morgan fingerprint density at radius 1 is 0.581 bits per heavy atom. The first-order valence-corrected chi connectivity index (χ1v) is 11.4. The van der Waals surface area contributed by atoms with E-state index in [1.54, 1.807) is 0 Å². The topological polar surface area (TPSA) is 18.1 Å². The number of benzene rings is 5. The molecular formula is C28H16INO. The summed E-state index contributed by atoms with van der Waals surface area (Å²) in [5.41, 5.74) is 5.51. The molecule has 2 aromatic heterocycles. The molecule has 5 aromatic carbocycles. The van der Waals surface area contributed by atoms with Crippen LogP contribution in [0.2, 0.25) is 0 Å². The summed E-state index contributed by atoms with van der Waals surface area (Å²) in [5.74, 6) is 0. The van der Waals surface area contributed by atoms with E-state index in [-0.39, 0.29) is 0 Å². The molecule has 0 saturated carbocycles. The summed E-state index contributed by atoms with van der Waals surface area (Å²) in [6.45, 7) is 0. The van der Waals surface area contributed by atoms with E-state index in [0.717, 1.165) is 16.6 Å². The van der Waals surface area contributed by atoms with Crippen molar-refractivity contribution in [1.82, 2.24) is 4.57 Å². The molecule has 0 aliphatic rings. The van der Waals surface area contributed by atoms with Crippen LogP contribution in [-0.2, 0) is 0 Å². The van der Waals surface area contributed by atoms with Crippen molar-refractivity contribution < 1.29 is 4.42 Å². The molecule has 0 aliphatic heterocycles. The lowest BCUT2D eigenvalue weighted by Gasteiger charge is -2.10. The molecule has 0 radical (unpaired) electrons. The van der Waals surface area contributed by atoms with Crippen LogP contribution >= 0.6 is 22.6 Å². The molecule has 0 spiro atoms. The number of furan rings is 1. The smallest absolute Gasteiger partial charge is 0.144 e. The van der Waals surface area contributed by atoms with Crippen molar-refractivity contribution in [2.24, 2.45) is 0 Å². The largest absolute Gasteiger partial charge is 0.455 e. The number of rotatable bonds is 1. The second-order valence-electron chi connectivity index (χ2n) is 7.90. The van der Waals surface area contributed by atoms with Crippen LogP contribution in [0.15, 0.2) is 101 Å². The van der Waals surface area contributed by atoms with Crippen LogP contribution in [0.1, 0.15) is 0 Å². The van der Waals surface area contributed by atoms with Gasteiger partial charge in [0, 0.05) is 41.6 Å². The highest BCUT2D eigenvalue weighted by molar-refractivity contribution is 14.1. The molecule has 2 nitrogen and oxygen atoms in total. The van der Waals surface area contributed by atoms with E-state index in [2.05, 4.69) is 118 Å². The van der Waals surface area contributed by atoms with Crippen LogP contribution in [0.4, 0.5) is 0 Å². The molecule has 3 heteroatoms. The lowest BCUT2D eigenvalue weighted by Crippen LogP contribution is -1.94. The second-order valence-corrected chi connectivity index (χ2v) is 9.15. The minimum atomic E-state index is 0.932. The van der Waals surface area contributed by atoms with Gasteiger partial charge in [-0.2, -0.15) is 0 Å². The van der Waals surface area contributed by atoms with E-state index in [9.17, 15) is 0 Å². The van der Waals surface area contributed by atoms with Gasteiger partial charge < -0.3 is 8.98 Å². The summed E-state index contributed by atoms with van der Waals surface area (Å²) in [6.07, 6.45) is 0. The summed E-state index contributed by atoms with van der Waals surface area (Å²) < 4.78 is 10.1. The quantitative estimate of drug-likeness (QED) is 0.203. The van der Waals surface area contributed by atoms with E-state index in [4.69, 9.17) is 4.42 Å². The van der Waals surface area contributed by atoms with Gasteiger partial charge in [0.2, 0.25) is 0 Å². The predicted octanol–water partition coefficient (Wildman–Crippen LogP) is 8.44. The first-order valence-electron chi connectivity index (χ1n) is 10.3. The highest BCUT2D eigenvalue weighted by Gasteiger charge is 2.22. The third-order valence-electron chi connectivity index (χ3n) is 6.23. The third kappa shape index (κ3) is 2.32. The number of hydrogen-bond acceptors (Lipinski definition) is 1. The Kier molecular flexibility index (Phi) is 3.56. The fourth-order valence-corrected chi connectivity index (χ4v) is 5.34. The van der Waals surface area contributed by atoms with E-state index in [1.165, 1.54) is 47.2 Å². The van der Waals surface area contributed by atoms with Crippen LogP contribution in [0.5, 0.6) is 0 Å². The molecule has 7 aromatic rings. The molecule has 7 rings (SSSR count). The van der Waals surface area contributed by atoms with Crippen molar-refractivity contribution in [3.63, 3.8) is 0 Å². The van der Waals surface area contributed by atoms with Crippen molar-refractivity contribution in [2.45, 2.75) is 0 Å².